The average molecular weight is 393 g/mol. The van der Waals surface area contributed by atoms with E-state index in [9.17, 15) is 0 Å². The van der Waals surface area contributed by atoms with Gasteiger partial charge in [-0.25, -0.2) is 4.98 Å². The van der Waals surface area contributed by atoms with Crippen molar-refractivity contribution in [2.24, 2.45) is 0 Å². The first kappa shape index (κ1) is 18.2. The minimum atomic E-state index is 0.472. The van der Waals surface area contributed by atoms with Crippen LogP contribution in [-0.2, 0) is 6.54 Å². The highest BCUT2D eigenvalue weighted by atomic mass is 35.5. The van der Waals surface area contributed by atoms with Gasteiger partial charge in [0.25, 0.3) is 0 Å². The van der Waals surface area contributed by atoms with Gasteiger partial charge in [-0.05, 0) is 51.2 Å². The highest BCUT2D eigenvalue weighted by molar-refractivity contribution is 7.11. The predicted octanol–water partition coefficient (Wildman–Crippen LogP) is 6.25. The average Bonchev–Trinajstić information content (AvgIpc) is 2.91. The Kier molecular flexibility index (Phi) is 5.64. The molecule has 0 aliphatic heterocycles. The molecule has 3 rings (SSSR count). The Labute approximate surface area is 161 Å². The van der Waals surface area contributed by atoms with Gasteiger partial charge in [0, 0.05) is 28.6 Å². The molecule has 3 aromatic rings. The molecule has 25 heavy (non-hydrogen) atoms. The topological polar surface area (TPSA) is 34.2 Å². The van der Waals surface area contributed by atoms with Crippen LogP contribution in [0.15, 0.2) is 36.4 Å². The quantitative estimate of drug-likeness (QED) is 0.557. The van der Waals surface area contributed by atoms with Crippen molar-refractivity contribution in [3.8, 4) is 22.8 Å². The zero-order chi connectivity index (χ0) is 18.0. The highest BCUT2D eigenvalue weighted by Crippen LogP contribution is 2.34. The van der Waals surface area contributed by atoms with Gasteiger partial charge in [-0.2, -0.15) is 0 Å². The molecule has 1 N–H and O–H groups in total. The number of aryl methyl sites for hydroxylation is 2. The number of benzene rings is 2. The van der Waals surface area contributed by atoms with E-state index >= 15 is 0 Å². The minimum Gasteiger partial charge on any atom is -0.457 e. The van der Waals surface area contributed by atoms with Crippen LogP contribution in [-0.4, -0.2) is 12.0 Å². The lowest BCUT2D eigenvalue weighted by Crippen LogP contribution is -2.06. The maximum atomic E-state index is 6.07. The molecule has 0 radical (unpaired) electrons. The predicted molar refractivity (Wildman–Crippen MR) is 106 cm³/mol. The molecule has 1 aromatic heterocycles. The van der Waals surface area contributed by atoms with Crippen LogP contribution in [0.1, 0.15) is 15.4 Å². The number of hydrogen-bond acceptors (Lipinski definition) is 4. The lowest BCUT2D eigenvalue weighted by atomic mass is 10.1. The van der Waals surface area contributed by atoms with Crippen molar-refractivity contribution in [2.75, 3.05) is 7.05 Å². The van der Waals surface area contributed by atoms with E-state index in [1.807, 2.05) is 26.1 Å². The van der Waals surface area contributed by atoms with E-state index in [0.29, 0.717) is 22.3 Å². The van der Waals surface area contributed by atoms with Crippen molar-refractivity contribution in [3.63, 3.8) is 0 Å². The van der Waals surface area contributed by atoms with E-state index in [1.165, 1.54) is 4.88 Å². The van der Waals surface area contributed by atoms with E-state index in [-0.39, 0.29) is 0 Å². The molecule has 0 aliphatic rings. The van der Waals surface area contributed by atoms with Crippen molar-refractivity contribution in [1.82, 2.24) is 10.3 Å². The molecule has 1 heterocycles. The summed E-state index contributed by atoms with van der Waals surface area (Å²) in [4.78, 5) is 5.86. The lowest BCUT2D eigenvalue weighted by molar-refractivity contribution is 0.474. The number of ether oxygens (including phenoxy) is 1. The molecule has 0 atom stereocenters. The van der Waals surface area contributed by atoms with E-state index < -0.39 is 0 Å². The normalized spacial score (nSPS) is 10.9. The Morgan fingerprint density at radius 2 is 1.88 bits per heavy atom. The molecular weight excluding hydrogens is 375 g/mol. The maximum Gasteiger partial charge on any atom is 0.131 e. The first-order valence-corrected chi connectivity index (χ1v) is 9.40. The van der Waals surface area contributed by atoms with Gasteiger partial charge >= 0.3 is 0 Å². The SMILES string of the molecule is CNCc1cc(-c2nc(C)sc2C)ccc1Oc1ccc(Cl)c(Cl)c1. The number of nitrogens with one attached hydrogen (secondary N) is 1. The molecular formula is C19H18Cl2N2OS. The van der Waals surface area contributed by atoms with Crippen molar-refractivity contribution < 1.29 is 4.74 Å². The van der Waals surface area contributed by atoms with Gasteiger partial charge in [-0.15, -0.1) is 11.3 Å². The summed E-state index contributed by atoms with van der Waals surface area (Å²) in [6.45, 7) is 4.81. The van der Waals surface area contributed by atoms with Gasteiger partial charge in [-0.1, -0.05) is 23.2 Å². The van der Waals surface area contributed by atoms with Gasteiger partial charge < -0.3 is 10.1 Å². The summed E-state index contributed by atoms with van der Waals surface area (Å²) >= 11 is 13.7. The molecule has 6 heteroatoms. The van der Waals surface area contributed by atoms with Crippen molar-refractivity contribution in [3.05, 3.63) is 61.9 Å². The number of nitrogens with zero attached hydrogens (tertiary/aromatic N) is 1. The van der Waals surface area contributed by atoms with Crippen molar-refractivity contribution in [1.29, 1.82) is 0 Å². The molecule has 0 spiro atoms. The fourth-order valence-corrected chi connectivity index (χ4v) is 3.75. The number of halogens is 2. The zero-order valence-corrected chi connectivity index (χ0v) is 16.5. The van der Waals surface area contributed by atoms with Crippen LogP contribution in [0.5, 0.6) is 11.5 Å². The molecule has 0 saturated heterocycles. The van der Waals surface area contributed by atoms with Gasteiger partial charge in [0.1, 0.15) is 11.5 Å². The summed E-state index contributed by atoms with van der Waals surface area (Å²) in [5.41, 5.74) is 3.17. The van der Waals surface area contributed by atoms with Crippen LogP contribution in [0.2, 0.25) is 10.0 Å². The number of aromatic nitrogens is 1. The fourth-order valence-electron chi connectivity index (χ4n) is 2.62. The van der Waals surface area contributed by atoms with Crippen molar-refractivity contribution >= 4 is 34.5 Å². The summed E-state index contributed by atoms with van der Waals surface area (Å²) in [6, 6.07) is 11.4. The maximum absolute atomic E-state index is 6.07. The lowest BCUT2D eigenvalue weighted by Gasteiger charge is -2.13. The Balaban J connectivity index is 1.96. The van der Waals surface area contributed by atoms with Gasteiger partial charge in [0.15, 0.2) is 0 Å². The van der Waals surface area contributed by atoms with Crippen molar-refractivity contribution in [2.45, 2.75) is 20.4 Å². The van der Waals surface area contributed by atoms with Crippen LogP contribution in [0.4, 0.5) is 0 Å². The third kappa shape index (κ3) is 4.15. The third-order valence-corrected chi connectivity index (χ3v) is 5.35. The molecule has 3 nitrogen and oxygen atoms in total. The van der Waals surface area contributed by atoms with E-state index in [2.05, 4.69) is 23.3 Å². The molecule has 0 unspecified atom stereocenters. The number of hydrogen-bond donors (Lipinski definition) is 1. The number of rotatable bonds is 5. The minimum absolute atomic E-state index is 0.472. The fraction of sp³-hybridized carbons (Fsp3) is 0.211. The van der Waals surface area contributed by atoms with Crippen LogP contribution in [0.3, 0.4) is 0 Å². The smallest absolute Gasteiger partial charge is 0.131 e. The van der Waals surface area contributed by atoms with E-state index in [1.54, 1.807) is 29.5 Å². The van der Waals surface area contributed by atoms with Crippen LogP contribution in [0, 0.1) is 13.8 Å². The first-order chi connectivity index (χ1) is 12.0. The summed E-state index contributed by atoms with van der Waals surface area (Å²) in [6.07, 6.45) is 0. The Bertz CT molecular complexity index is 908. The largest absolute Gasteiger partial charge is 0.457 e. The van der Waals surface area contributed by atoms with Crippen LogP contribution >= 0.6 is 34.5 Å². The first-order valence-electron chi connectivity index (χ1n) is 7.82. The third-order valence-electron chi connectivity index (χ3n) is 3.72. The summed E-state index contributed by atoms with van der Waals surface area (Å²) < 4.78 is 6.02. The summed E-state index contributed by atoms with van der Waals surface area (Å²) in [5.74, 6) is 1.43. The van der Waals surface area contributed by atoms with Crippen LogP contribution < -0.4 is 10.1 Å². The molecule has 2 aromatic carbocycles. The standard InChI is InChI=1S/C19H18Cl2N2OS/c1-11-19(23-12(2)25-11)13-4-7-18(14(8-13)10-22-3)24-15-5-6-16(20)17(21)9-15/h4-9,22H,10H2,1-3H3. The van der Waals surface area contributed by atoms with E-state index in [4.69, 9.17) is 27.9 Å². The summed E-state index contributed by atoms with van der Waals surface area (Å²) in [7, 11) is 1.91. The molecule has 130 valence electrons. The van der Waals surface area contributed by atoms with Crippen LogP contribution in [0.25, 0.3) is 11.3 Å². The Hall–Kier alpha value is -1.59. The van der Waals surface area contributed by atoms with Gasteiger partial charge in [0.05, 0.1) is 20.7 Å². The molecule has 0 aliphatic carbocycles. The Morgan fingerprint density at radius 1 is 1.08 bits per heavy atom. The van der Waals surface area contributed by atoms with E-state index in [0.717, 1.165) is 27.6 Å². The Morgan fingerprint density at radius 3 is 2.52 bits per heavy atom. The second-order valence-corrected chi connectivity index (χ2v) is 7.89. The molecule has 0 amide bonds. The second kappa shape index (κ2) is 7.75. The molecule has 0 saturated carbocycles. The molecule has 0 fully saturated rings. The second-order valence-electron chi connectivity index (χ2n) is 5.67. The van der Waals surface area contributed by atoms with Gasteiger partial charge in [0.2, 0.25) is 0 Å². The number of thiazole rings is 1. The van der Waals surface area contributed by atoms with Gasteiger partial charge in [-0.3, -0.25) is 0 Å². The highest BCUT2D eigenvalue weighted by Gasteiger charge is 2.12. The summed E-state index contributed by atoms with van der Waals surface area (Å²) in [5, 5.41) is 5.23. The zero-order valence-electron chi connectivity index (χ0n) is 14.2. The molecule has 0 bridgehead atoms. The monoisotopic (exact) mass is 392 g/mol.